The van der Waals surface area contributed by atoms with Crippen molar-refractivity contribution in [2.75, 3.05) is 0 Å². The van der Waals surface area contributed by atoms with Gasteiger partial charge in [-0.1, -0.05) is 24.6 Å². The van der Waals surface area contributed by atoms with Crippen LogP contribution in [-0.2, 0) is 0 Å². The molecule has 124 valence electrons. The van der Waals surface area contributed by atoms with Crippen molar-refractivity contribution >= 4 is 0 Å². The molecule has 0 N–H and O–H groups in total. The number of hydrogen-bond acceptors (Lipinski definition) is 3. The van der Waals surface area contributed by atoms with Crippen LogP contribution in [0.1, 0.15) is 52.9 Å². The quantitative estimate of drug-likeness (QED) is 0.773. The maximum Gasteiger partial charge on any atom is 0.186 e. The first-order valence-corrected chi connectivity index (χ1v) is 8.67. The summed E-state index contributed by atoms with van der Waals surface area (Å²) < 4.78 is 6.51. The Morgan fingerprint density at radius 3 is 2.04 bits per heavy atom. The molecule has 3 heteroatoms. The Morgan fingerprint density at radius 1 is 0.870 bits per heavy atom. The van der Waals surface area contributed by atoms with Crippen molar-refractivity contribution in [3.63, 3.8) is 0 Å². The normalized spacial score (nSPS) is 20.7. The Bertz CT molecular complexity index is 551. The summed E-state index contributed by atoms with van der Waals surface area (Å²) in [6.07, 6.45) is 14.5. The van der Waals surface area contributed by atoms with E-state index >= 15 is 0 Å². The van der Waals surface area contributed by atoms with Gasteiger partial charge in [-0.05, 0) is 45.7 Å². The molecular formula is C20H28N2O. The zero-order valence-electron chi connectivity index (χ0n) is 14.5. The first-order chi connectivity index (χ1) is 11.0. The molecule has 0 radical (unpaired) electrons. The molecule has 0 amide bonds. The molecule has 0 atom stereocenters. The summed E-state index contributed by atoms with van der Waals surface area (Å²) in [4.78, 5) is 4.50. The van der Waals surface area contributed by atoms with Crippen molar-refractivity contribution in [2.45, 2.75) is 64.1 Å². The molecule has 0 saturated heterocycles. The molecule has 0 bridgehead atoms. The van der Waals surface area contributed by atoms with E-state index in [1.165, 1.54) is 19.3 Å². The third kappa shape index (κ3) is 3.54. The van der Waals surface area contributed by atoms with Crippen LogP contribution in [0.5, 0.6) is 5.75 Å². The fourth-order valence-electron chi connectivity index (χ4n) is 3.33. The highest BCUT2D eigenvalue weighted by Crippen LogP contribution is 2.37. The molecular weight excluding hydrogens is 284 g/mol. The van der Waals surface area contributed by atoms with Gasteiger partial charge in [0.25, 0.3) is 0 Å². The molecule has 1 aliphatic heterocycles. The van der Waals surface area contributed by atoms with Crippen LogP contribution in [-0.4, -0.2) is 21.1 Å². The highest BCUT2D eigenvalue weighted by molar-refractivity contribution is 5.23. The number of nitrogens with zero attached hydrogens (tertiary/aromatic N) is 2. The maximum absolute atomic E-state index is 6.51. The van der Waals surface area contributed by atoms with E-state index in [0.29, 0.717) is 0 Å². The minimum Gasteiger partial charge on any atom is -0.468 e. The van der Waals surface area contributed by atoms with Crippen LogP contribution >= 0.6 is 0 Å². The smallest absolute Gasteiger partial charge is 0.186 e. The first kappa shape index (κ1) is 16.0. The first-order valence-electron chi connectivity index (χ1n) is 8.67. The second-order valence-electron chi connectivity index (χ2n) is 7.50. The van der Waals surface area contributed by atoms with Gasteiger partial charge in [0.15, 0.2) is 5.72 Å². The van der Waals surface area contributed by atoms with Gasteiger partial charge in [0.05, 0.1) is 0 Å². The van der Waals surface area contributed by atoms with Crippen LogP contribution in [0.4, 0.5) is 0 Å². The minimum absolute atomic E-state index is 0.0963. The molecule has 1 saturated carbocycles. The standard InChI is InChI=1S/C20H28N2O/c1-19(2,3)21-14-16-22(17-15-21)20(12-8-5-9-13-20)23-18-10-6-4-7-11-18/h4,6-7,10-11,14-17H,5,8-9,12-13H2,1-3H3. The lowest BCUT2D eigenvalue weighted by molar-refractivity contribution is -0.0655. The third-order valence-corrected chi connectivity index (χ3v) is 4.71. The van der Waals surface area contributed by atoms with Crippen LogP contribution in [0.25, 0.3) is 0 Å². The molecule has 0 aromatic heterocycles. The Balaban J connectivity index is 1.82. The fourth-order valence-corrected chi connectivity index (χ4v) is 3.33. The number of benzene rings is 1. The number of ether oxygens (including phenoxy) is 1. The van der Waals surface area contributed by atoms with Gasteiger partial charge < -0.3 is 14.5 Å². The zero-order valence-corrected chi connectivity index (χ0v) is 14.5. The van der Waals surface area contributed by atoms with E-state index < -0.39 is 0 Å². The second kappa shape index (κ2) is 6.31. The summed E-state index contributed by atoms with van der Waals surface area (Å²) in [5.41, 5.74) is -0.157. The summed E-state index contributed by atoms with van der Waals surface area (Å²) in [5, 5.41) is 0. The Hall–Kier alpha value is -1.90. The molecule has 1 aromatic carbocycles. The molecule has 23 heavy (non-hydrogen) atoms. The van der Waals surface area contributed by atoms with E-state index in [0.717, 1.165) is 18.6 Å². The van der Waals surface area contributed by atoms with E-state index in [4.69, 9.17) is 4.74 Å². The molecule has 0 unspecified atom stereocenters. The minimum atomic E-state index is -0.253. The SMILES string of the molecule is CC(C)(C)N1C=CN(C2(Oc3ccccc3)CCCCC2)C=C1. The number of hydrogen-bond donors (Lipinski definition) is 0. The van der Waals surface area contributed by atoms with E-state index in [2.05, 4.69) is 67.5 Å². The number of rotatable bonds is 3. The lowest BCUT2D eigenvalue weighted by Gasteiger charge is -2.46. The van der Waals surface area contributed by atoms with Crippen LogP contribution < -0.4 is 4.74 Å². The summed E-state index contributed by atoms with van der Waals surface area (Å²) in [6, 6.07) is 10.2. The lowest BCUT2D eigenvalue weighted by atomic mass is 9.90. The third-order valence-electron chi connectivity index (χ3n) is 4.71. The van der Waals surface area contributed by atoms with Gasteiger partial charge in [-0.3, -0.25) is 0 Å². The highest BCUT2D eigenvalue weighted by atomic mass is 16.5. The van der Waals surface area contributed by atoms with E-state index in [1.807, 2.05) is 18.2 Å². The van der Waals surface area contributed by atoms with Crippen LogP contribution in [0, 0.1) is 0 Å². The monoisotopic (exact) mass is 312 g/mol. The largest absolute Gasteiger partial charge is 0.468 e. The van der Waals surface area contributed by atoms with Crippen LogP contribution in [0.2, 0.25) is 0 Å². The highest BCUT2D eigenvalue weighted by Gasteiger charge is 2.39. The second-order valence-corrected chi connectivity index (χ2v) is 7.50. The average molecular weight is 312 g/mol. The van der Waals surface area contributed by atoms with Crippen molar-refractivity contribution < 1.29 is 4.74 Å². The van der Waals surface area contributed by atoms with Gasteiger partial charge >= 0.3 is 0 Å². The van der Waals surface area contributed by atoms with Gasteiger partial charge in [-0.2, -0.15) is 0 Å². The molecule has 1 fully saturated rings. The molecule has 3 nitrogen and oxygen atoms in total. The summed E-state index contributed by atoms with van der Waals surface area (Å²) in [7, 11) is 0. The van der Waals surface area contributed by atoms with Gasteiger partial charge in [-0.15, -0.1) is 0 Å². The van der Waals surface area contributed by atoms with E-state index in [1.54, 1.807) is 0 Å². The summed E-state index contributed by atoms with van der Waals surface area (Å²) in [6.45, 7) is 6.65. The van der Waals surface area contributed by atoms with Crippen LogP contribution in [0.15, 0.2) is 55.1 Å². The fraction of sp³-hybridized carbons (Fsp3) is 0.500. The maximum atomic E-state index is 6.51. The molecule has 3 rings (SSSR count). The predicted octanol–water partition coefficient (Wildman–Crippen LogP) is 5.08. The van der Waals surface area contributed by atoms with Crippen molar-refractivity contribution in [1.82, 2.24) is 9.80 Å². The zero-order chi connectivity index (χ0) is 16.3. The van der Waals surface area contributed by atoms with Crippen molar-refractivity contribution in [3.8, 4) is 5.75 Å². The van der Waals surface area contributed by atoms with Crippen molar-refractivity contribution in [1.29, 1.82) is 0 Å². The van der Waals surface area contributed by atoms with Gasteiger partial charge in [0.1, 0.15) is 5.75 Å². The summed E-state index contributed by atoms with van der Waals surface area (Å²) in [5.74, 6) is 0.953. The van der Waals surface area contributed by atoms with Crippen molar-refractivity contribution in [3.05, 3.63) is 55.1 Å². The Labute approximate surface area is 140 Å². The summed E-state index contributed by atoms with van der Waals surface area (Å²) >= 11 is 0. The molecule has 1 aliphatic carbocycles. The van der Waals surface area contributed by atoms with Gasteiger partial charge in [0.2, 0.25) is 0 Å². The van der Waals surface area contributed by atoms with E-state index in [-0.39, 0.29) is 11.3 Å². The Morgan fingerprint density at radius 2 is 1.48 bits per heavy atom. The number of para-hydroxylation sites is 1. The van der Waals surface area contributed by atoms with Gasteiger partial charge in [0, 0.05) is 43.2 Å². The molecule has 1 heterocycles. The van der Waals surface area contributed by atoms with Crippen molar-refractivity contribution in [2.24, 2.45) is 0 Å². The van der Waals surface area contributed by atoms with E-state index in [9.17, 15) is 0 Å². The topological polar surface area (TPSA) is 15.7 Å². The predicted molar refractivity (Wildman–Crippen MR) is 94.6 cm³/mol. The molecule has 2 aliphatic rings. The average Bonchev–Trinajstić information content (AvgIpc) is 2.56. The molecule has 1 aromatic rings. The lowest BCUT2D eigenvalue weighted by Crippen LogP contribution is -2.51. The Kier molecular flexibility index (Phi) is 4.38. The molecule has 0 spiro atoms. The van der Waals surface area contributed by atoms with Gasteiger partial charge in [-0.25, -0.2) is 0 Å². The van der Waals surface area contributed by atoms with Crippen LogP contribution in [0.3, 0.4) is 0 Å².